The molecule has 156 valence electrons. The average Bonchev–Trinajstić information content (AvgIpc) is 2.98. The predicted molar refractivity (Wildman–Crippen MR) is 109 cm³/mol. The number of anilines is 1. The molecule has 7 nitrogen and oxygen atoms in total. The summed E-state index contributed by atoms with van der Waals surface area (Å²) >= 11 is 0. The van der Waals surface area contributed by atoms with Gasteiger partial charge in [0, 0.05) is 25.7 Å². The first-order chi connectivity index (χ1) is 13.9. The van der Waals surface area contributed by atoms with Crippen LogP contribution in [-0.4, -0.2) is 54.4 Å². The van der Waals surface area contributed by atoms with E-state index in [2.05, 4.69) is 22.4 Å². The second-order valence-electron chi connectivity index (χ2n) is 8.36. The van der Waals surface area contributed by atoms with Gasteiger partial charge in [-0.05, 0) is 49.9 Å². The maximum Gasteiger partial charge on any atom is 0.257 e. The smallest absolute Gasteiger partial charge is 0.257 e. The number of halogens is 1. The van der Waals surface area contributed by atoms with Crippen molar-refractivity contribution in [3.05, 3.63) is 29.6 Å². The molecule has 1 saturated heterocycles. The number of hydrogen-bond acceptors (Lipinski definition) is 5. The Morgan fingerprint density at radius 3 is 2.72 bits per heavy atom. The van der Waals surface area contributed by atoms with Gasteiger partial charge in [-0.25, -0.2) is 9.07 Å². The molecule has 3 N–H and O–H groups in total. The van der Waals surface area contributed by atoms with E-state index in [0.717, 1.165) is 32.4 Å². The van der Waals surface area contributed by atoms with Gasteiger partial charge in [0.15, 0.2) is 11.6 Å². The molecule has 0 unspecified atom stereocenters. The van der Waals surface area contributed by atoms with Gasteiger partial charge >= 0.3 is 0 Å². The van der Waals surface area contributed by atoms with E-state index in [1.807, 2.05) is 6.92 Å². The van der Waals surface area contributed by atoms with Gasteiger partial charge in [-0.2, -0.15) is 5.10 Å². The van der Waals surface area contributed by atoms with E-state index in [-0.39, 0.29) is 17.7 Å². The van der Waals surface area contributed by atoms with Crippen molar-refractivity contribution in [1.29, 1.82) is 0 Å². The average molecular weight is 401 g/mol. The van der Waals surface area contributed by atoms with Crippen molar-refractivity contribution < 1.29 is 13.9 Å². The van der Waals surface area contributed by atoms with Crippen LogP contribution in [0.25, 0.3) is 11.3 Å². The summed E-state index contributed by atoms with van der Waals surface area (Å²) in [5.41, 5.74) is 7.90. The Morgan fingerprint density at radius 1 is 1.41 bits per heavy atom. The molecule has 8 heteroatoms. The highest BCUT2D eigenvalue weighted by Gasteiger charge is 2.52. The zero-order chi connectivity index (χ0) is 20.8. The lowest BCUT2D eigenvalue weighted by Crippen LogP contribution is -2.60. The lowest BCUT2D eigenvalue weighted by molar-refractivity contribution is -0.0780. The Hall–Kier alpha value is -2.61. The lowest BCUT2D eigenvalue weighted by atomic mass is 9.61. The van der Waals surface area contributed by atoms with E-state index in [1.165, 1.54) is 6.07 Å². The molecule has 1 aromatic carbocycles. The molecular formula is C21H28FN5O2. The van der Waals surface area contributed by atoms with Crippen molar-refractivity contribution in [2.75, 3.05) is 39.5 Å². The first-order valence-electron chi connectivity index (χ1n) is 10.1. The number of likely N-dealkylation sites (tertiary alicyclic amines) is 1. The maximum atomic E-state index is 14.5. The van der Waals surface area contributed by atoms with Gasteiger partial charge in [0.05, 0.1) is 12.6 Å². The summed E-state index contributed by atoms with van der Waals surface area (Å²) in [7, 11) is 3.67. The Labute approximate surface area is 170 Å². The summed E-state index contributed by atoms with van der Waals surface area (Å²) in [6.07, 6.45) is 2.78. The number of ether oxygens (including phenoxy) is 1. The zero-order valence-electron chi connectivity index (χ0n) is 17.2. The van der Waals surface area contributed by atoms with Gasteiger partial charge in [0.2, 0.25) is 0 Å². The number of benzene rings is 1. The number of nitrogens with zero attached hydrogens (tertiary/aromatic N) is 3. The molecule has 29 heavy (non-hydrogen) atoms. The van der Waals surface area contributed by atoms with Crippen molar-refractivity contribution in [3.8, 4) is 17.0 Å². The first kappa shape index (κ1) is 19.7. The molecule has 1 aliphatic carbocycles. The number of carbonyl (C=O) groups is 1. The van der Waals surface area contributed by atoms with Gasteiger partial charge < -0.3 is 20.7 Å². The summed E-state index contributed by atoms with van der Waals surface area (Å²) < 4.78 is 21.7. The minimum atomic E-state index is -0.480. The highest BCUT2D eigenvalue weighted by Crippen LogP contribution is 2.54. The van der Waals surface area contributed by atoms with Gasteiger partial charge in [0.1, 0.15) is 17.1 Å². The largest absolute Gasteiger partial charge is 0.491 e. The molecule has 2 aromatic rings. The molecule has 2 aliphatic rings. The normalized spacial score (nSPS) is 18.3. The topological polar surface area (TPSA) is 85.4 Å². The monoisotopic (exact) mass is 401 g/mol. The highest BCUT2D eigenvalue weighted by molar-refractivity contribution is 6.04. The van der Waals surface area contributed by atoms with Crippen molar-refractivity contribution >= 4 is 11.7 Å². The van der Waals surface area contributed by atoms with E-state index in [9.17, 15) is 9.18 Å². The molecular weight excluding hydrogens is 373 g/mol. The third-order valence-electron chi connectivity index (χ3n) is 5.96. The summed E-state index contributed by atoms with van der Waals surface area (Å²) in [4.78, 5) is 14.8. The number of amides is 1. The van der Waals surface area contributed by atoms with E-state index < -0.39 is 5.82 Å². The fourth-order valence-electron chi connectivity index (χ4n) is 4.72. The van der Waals surface area contributed by atoms with E-state index in [1.54, 1.807) is 23.9 Å². The van der Waals surface area contributed by atoms with E-state index >= 15 is 0 Å². The fourth-order valence-corrected chi connectivity index (χ4v) is 4.72. The van der Waals surface area contributed by atoms with Crippen LogP contribution in [0.3, 0.4) is 0 Å². The fraction of sp³-hybridized carbons (Fsp3) is 0.524. The maximum absolute atomic E-state index is 14.5. The predicted octanol–water partition coefficient (Wildman–Crippen LogP) is 2.69. The number of nitrogens with two attached hydrogens (primary N) is 1. The number of rotatable bonds is 6. The molecule has 1 saturated carbocycles. The van der Waals surface area contributed by atoms with Crippen LogP contribution in [-0.2, 0) is 0 Å². The van der Waals surface area contributed by atoms with Crippen LogP contribution >= 0.6 is 0 Å². The zero-order valence-corrected chi connectivity index (χ0v) is 17.2. The second-order valence-corrected chi connectivity index (χ2v) is 8.36. The summed E-state index contributed by atoms with van der Waals surface area (Å²) in [5, 5.41) is 7.28. The molecule has 2 heterocycles. The van der Waals surface area contributed by atoms with Crippen LogP contribution in [0.5, 0.6) is 5.75 Å². The van der Waals surface area contributed by atoms with Crippen molar-refractivity contribution in [3.63, 3.8) is 0 Å². The minimum absolute atomic E-state index is 0.165. The van der Waals surface area contributed by atoms with Gasteiger partial charge in [-0.3, -0.25) is 4.79 Å². The van der Waals surface area contributed by atoms with Crippen molar-refractivity contribution in [1.82, 2.24) is 20.0 Å². The highest BCUT2D eigenvalue weighted by atomic mass is 19.1. The molecule has 1 spiro atoms. The molecule has 1 aliphatic heterocycles. The Morgan fingerprint density at radius 2 is 2.14 bits per heavy atom. The Balaban J connectivity index is 1.66. The first-order valence-corrected chi connectivity index (χ1v) is 10.1. The van der Waals surface area contributed by atoms with Crippen molar-refractivity contribution in [2.45, 2.75) is 32.2 Å². The summed E-state index contributed by atoms with van der Waals surface area (Å²) in [5.74, 6) is -0.280. The number of carbonyl (C=O) groups excluding carboxylic acids is 1. The molecule has 0 atom stereocenters. The van der Waals surface area contributed by atoms with Crippen LogP contribution in [0, 0.1) is 11.2 Å². The minimum Gasteiger partial charge on any atom is -0.491 e. The van der Waals surface area contributed by atoms with Gasteiger partial charge in [-0.15, -0.1) is 0 Å². The number of aromatic nitrogens is 2. The molecule has 4 rings (SSSR count). The summed E-state index contributed by atoms with van der Waals surface area (Å²) in [6, 6.07) is 4.81. The van der Waals surface area contributed by atoms with E-state index in [4.69, 9.17) is 10.5 Å². The second kappa shape index (κ2) is 7.33. The third-order valence-corrected chi connectivity index (χ3v) is 5.96. The number of nitrogens with one attached hydrogen (secondary N) is 1. The van der Waals surface area contributed by atoms with Crippen LogP contribution in [0.15, 0.2) is 18.2 Å². The molecule has 0 radical (unpaired) electrons. The Kier molecular flexibility index (Phi) is 4.98. The number of nitrogen functional groups attached to an aromatic ring is 1. The standard InChI is InChI=1S/C21H28FN5O2/c1-4-7-29-16-6-5-13(8-15(16)22)18-17(20(28)24-2)19(23)27(25-18)14-9-21(10-14)11-26(3)12-21/h5-6,8,14H,4,7,9-12,23H2,1-3H3,(H,24,28). The molecule has 2 fully saturated rings. The molecule has 0 bridgehead atoms. The quantitative estimate of drug-likeness (QED) is 0.777. The van der Waals surface area contributed by atoms with Crippen LogP contribution in [0.4, 0.5) is 10.2 Å². The summed E-state index contributed by atoms with van der Waals surface area (Å²) in [6.45, 7) is 4.58. The van der Waals surface area contributed by atoms with Crippen LogP contribution in [0.2, 0.25) is 0 Å². The SMILES string of the molecule is CCCOc1ccc(-c2nn(C3CC4(C3)CN(C)C4)c(N)c2C(=O)NC)cc1F. The Bertz CT molecular complexity index is 927. The van der Waals surface area contributed by atoms with Crippen molar-refractivity contribution in [2.24, 2.45) is 5.41 Å². The number of hydrogen-bond donors (Lipinski definition) is 2. The van der Waals surface area contributed by atoms with E-state index in [0.29, 0.717) is 34.7 Å². The van der Waals surface area contributed by atoms with Gasteiger partial charge in [-0.1, -0.05) is 6.92 Å². The van der Waals surface area contributed by atoms with Crippen LogP contribution < -0.4 is 15.8 Å². The van der Waals surface area contributed by atoms with Crippen LogP contribution in [0.1, 0.15) is 42.6 Å². The van der Waals surface area contributed by atoms with Gasteiger partial charge in [0.25, 0.3) is 5.91 Å². The lowest BCUT2D eigenvalue weighted by Gasteiger charge is -2.58. The third kappa shape index (κ3) is 3.35. The molecule has 1 amide bonds. The molecule has 1 aromatic heterocycles.